The number of carbonyl (C=O) groups is 2. The van der Waals surface area contributed by atoms with Crippen LogP contribution in [-0.4, -0.2) is 62.3 Å². The summed E-state index contributed by atoms with van der Waals surface area (Å²) in [7, 11) is -4.38. The van der Waals surface area contributed by atoms with E-state index in [0.29, 0.717) is 19.5 Å². The van der Waals surface area contributed by atoms with Gasteiger partial charge in [-0.1, -0.05) is 24.0 Å². The first-order valence-electron chi connectivity index (χ1n) is 11.8. The number of benzene rings is 1. The molecule has 11 heteroatoms. The molecule has 36 heavy (non-hydrogen) atoms. The monoisotopic (exact) mass is 540 g/mol. The van der Waals surface area contributed by atoms with Gasteiger partial charge >= 0.3 is 22.2 Å². The maximum absolute atomic E-state index is 12.8. The third-order valence-electron chi connectivity index (χ3n) is 4.99. The first-order valence-corrected chi connectivity index (χ1v) is 14.2. The number of alkyl carbamates (subject to hydrolysis) is 1. The number of rotatable bonds is 9. The van der Waals surface area contributed by atoms with Gasteiger partial charge in [-0.2, -0.15) is 20.2 Å². The van der Waals surface area contributed by atoms with E-state index in [9.17, 15) is 18.0 Å². The lowest BCUT2D eigenvalue weighted by Crippen LogP contribution is -2.55. The standard InChI is InChI=1S/C25H36N2O7S2/c1-24(2,3)33-23(29)27-15-11-7-6-8-12-17-32-19-13-9-10-14-20(19)36(30,31)34-22(28)21-25(4,5)35-18-16-26-21/h9-10,13-14,21,26H,6-7,11,15-18H2,1-5H3,(H,27,29). The Hall–Kier alpha value is -2.42. The molecule has 0 radical (unpaired) electrons. The van der Waals surface area contributed by atoms with Gasteiger partial charge in [-0.25, -0.2) is 9.59 Å². The molecular weight excluding hydrogens is 504 g/mol. The lowest BCUT2D eigenvalue weighted by molar-refractivity contribution is -0.136. The van der Waals surface area contributed by atoms with Crippen LogP contribution in [0.4, 0.5) is 4.79 Å². The number of carbonyl (C=O) groups excluding carboxylic acids is 2. The first-order chi connectivity index (χ1) is 16.8. The predicted octanol–water partition coefficient (Wildman–Crippen LogP) is 3.48. The van der Waals surface area contributed by atoms with Crippen molar-refractivity contribution in [2.24, 2.45) is 0 Å². The minimum absolute atomic E-state index is 0.0233. The van der Waals surface area contributed by atoms with Gasteiger partial charge in [0.25, 0.3) is 0 Å². The highest BCUT2D eigenvalue weighted by atomic mass is 32.2. The molecule has 1 fully saturated rings. The fourth-order valence-corrected chi connectivity index (χ4v) is 5.40. The number of hydrogen-bond donors (Lipinski definition) is 2. The van der Waals surface area contributed by atoms with Crippen molar-refractivity contribution in [3.05, 3.63) is 24.3 Å². The zero-order valence-corrected chi connectivity index (χ0v) is 23.1. The van der Waals surface area contributed by atoms with Gasteiger partial charge in [0.05, 0.1) is 0 Å². The van der Waals surface area contributed by atoms with Crippen molar-refractivity contribution in [2.45, 2.75) is 75.2 Å². The van der Waals surface area contributed by atoms with Gasteiger partial charge in [0, 0.05) is 30.0 Å². The molecule has 1 amide bonds. The van der Waals surface area contributed by atoms with Crippen LogP contribution >= 0.6 is 11.8 Å². The van der Waals surface area contributed by atoms with Crippen LogP contribution in [0.5, 0.6) is 5.75 Å². The average molecular weight is 541 g/mol. The second-order valence-electron chi connectivity index (χ2n) is 9.67. The van der Waals surface area contributed by atoms with Crippen molar-refractivity contribution in [3.8, 4) is 17.6 Å². The van der Waals surface area contributed by atoms with E-state index < -0.39 is 38.6 Å². The molecule has 0 aliphatic carbocycles. The van der Waals surface area contributed by atoms with Crippen LogP contribution in [-0.2, 0) is 23.8 Å². The Morgan fingerprint density at radius 3 is 2.61 bits per heavy atom. The molecule has 200 valence electrons. The molecule has 0 saturated carbocycles. The minimum atomic E-state index is -4.38. The fraction of sp³-hybridized carbons (Fsp3) is 0.600. The van der Waals surface area contributed by atoms with E-state index >= 15 is 0 Å². The Kier molecular flexibility index (Phi) is 10.9. The maximum atomic E-state index is 12.8. The topological polar surface area (TPSA) is 120 Å². The molecule has 0 bridgehead atoms. The molecule has 1 aliphatic rings. The minimum Gasteiger partial charge on any atom is -0.479 e. The molecule has 0 spiro atoms. The number of thioether (sulfide) groups is 1. The SMILES string of the molecule is CC(C)(C)OC(=O)NCCCCC#CCOc1ccccc1S(=O)(=O)OC(=O)C1NCCSC1(C)C. The molecule has 9 nitrogen and oxygen atoms in total. The maximum Gasteiger partial charge on any atom is 0.407 e. The van der Waals surface area contributed by atoms with Crippen molar-refractivity contribution in [1.29, 1.82) is 0 Å². The number of amides is 1. The van der Waals surface area contributed by atoms with Crippen LogP contribution in [0.2, 0.25) is 0 Å². The molecule has 1 saturated heterocycles. The molecular formula is C25H36N2O7S2. The Morgan fingerprint density at radius 2 is 1.92 bits per heavy atom. The fourth-order valence-electron chi connectivity index (χ4n) is 3.29. The van der Waals surface area contributed by atoms with E-state index in [-0.39, 0.29) is 17.3 Å². The van der Waals surface area contributed by atoms with Crippen LogP contribution < -0.4 is 15.4 Å². The summed E-state index contributed by atoms with van der Waals surface area (Å²) >= 11 is 1.58. The number of nitrogens with one attached hydrogen (secondary N) is 2. The van der Waals surface area contributed by atoms with Crippen LogP contribution in [0.15, 0.2) is 29.2 Å². The second kappa shape index (κ2) is 13.2. The van der Waals surface area contributed by atoms with E-state index in [0.717, 1.165) is 18.6 Å². The molecule has 1 aliphatic heterocycles. The molecule has 2 N–H and O–H groups in total. The van der Waals surface area contributed by atoms with E-state index in [2.05, 4.69) is 22.5 Å². The Labute approximate surface area is 218 Å². The van der Waals surface area contributed by atoms with Gasteiger partial charge in [-0.15, -0.1) is 0 Å². The molecule has 2 rings (SSSR count). The van der Waals surface area contributed by atoms with E-state index in [1.54, 1.807) is 38.6 Å². The van der Waals surface area contributed by atoms with Crippen molar-refractivity contribution in [2.75, 3.05) is 25.4 Å². The summed E-state index contributed by atoms with van der Waals surface area (Å²) in [6.07, 6.45) is 1.66. The van der Waals surface area contributed by atoms with Gasteiger partial charge in [-0.05, 0) is 59.6 Å². The lowest BCUT2D eigenvalue weighted by atomic mass is 10.0. The molecule has 1 aromatic rings. The molecule has 0 aromatic heterocycles. The number of para-hydroxylation sites is 1. The summed E-state index contributed by atoms with van der Waals surface area (Å²) in [5.74, 6) is 5.85. The highest BCUT2D eigenvalue weighted by Gasteiger charge is 2.41. The van der Waals surface area contributed by atoms with Crippen molar-refractivity contribution in [3.63, 3.8) is 0 Å². The molecule has 1 aromatic carbocycles. The van der Waals surface area contributed by atoms with Crippen molar-refractivity contribution >= 4 is 33.9 Å². The normalized spacial score (nSPS) is 17.3. The summed E-state index contributed by atoms with van der Waals surface area (Å²) in [6.45, 7) is 10.2. The smallest absolute Gasteiger partial charge is 0.407 e. The van der Waals surface area contributed by atoms with Crippen LogP contribution in [0, 0.1) is 11.8 Å². The van der Waals surface area contributed by atoms with Gasteiger partial charge in [0.2, 0.25) is 0 Å². The third kappa shape index (κ3) is 9.91. The average Bonchev–Trinajstić information content (AvgIpc) is 2.76. The van der Waals surface area contributed by atoms with Crippen LogP contribution in [0.3, 0.4) is 0 Å². The number of ether oxygens (including phenoxy) is 2. The zero-order valence-electron chi connectivity index (χ0n) is 21.5. The lowest BCUT2D eigenvalue weighted by Gasteiger charge is -2.36. The number of unbranched alkanes of at least 4 members (excludes halogenated alkanes) is 2. The summed E-state index contributed by atoms with van der Waals surface area (Å²) < 4.78 is 40.9. The van der Waals surface area contributed by atoms with Crippen molar-refractivity contribution in [1.82, 2.24) is 10.6 Å². The van der Waals surface area contributed by atoms with Crippen LogP contribution in [0.1, 0.15) is 53.9 Å². The van der Waals surface area contributed by atoms with Gasteiger partial charge in [-0.3, -0.25) is 0 Å². The third-order valence-corrected chi connectivity index (χ3v) is 7.64. The summed E-state index contributed by atoms with van der Waals surface area (Å²) in [6, 6.07) is 5.23. The quantitative estimate of drug-likeness (QED) is 0.276. The zero-order chi connectivity index (χ0) is 26.8. The molecule has 1 atom stereocenters. The van der Waals surface area contributed by atoms with E-state index in [1.807, 2.05) is 13.8 Å². The number of hydrogen-bond acceptors (Lipinski definition) is 9. The van der Waals surface area contributed by atoms with E-state index in [4.69, 9.17) is 13.7 Å². The second-order valence-corrected chi connectivity index (χ2v) is 12.9. The summed E-state index contributed by atoms with van der Waals surface area (Å²) in [5.41, 5.74) is -0.530. The van der Waals surface area contributed by atoms with Crippen LogP contribution in [0.25, 0.3) is 0 Å². The van der Waals surface area contributed by atoms with E-state index in [1.165, 1.54) is 18.2 Å². The van der Waals surface area contributed by atoms with Gasteiger partial charge < -0.3 is 24.3 Å². The first kappa shape index (κ1) is 29.8. The van der Waals surface area contributed by atoms with Crippen molar-refractivity contribution < 1.29 is 31.7 Å². The molecule has 1 unspecified atom stereocenters. The van der Waals surface area contributed by atoms with Gasteiger partial charge in [0.1, 0.15) is 28.9 Å². The Bertz CT molecular complexity index is 1070. The Morgan fingerprint density at radius 1 is 1.19 bits per heavy atom. The summed E-state index contributed by atoms with van der Waals surface area (Å²) in [4.78, 5) is 24.0. The summed E-state index contributed by atoms with van der Waals surface area (Å²) in [5, 5.41) is 5.73. The van der Waals surface area contributed by atoms with Gasteiger partial charge in [0.15, 0.2) is 0 Å². The highest BCUT2D eigenvalue weighted by Crippen LogP contribution is 2.33. The Balaban J connectivity index is 1.83. The highest BCUT2D eigenvalue weighted by molar-refractivity contribution is 8.00. The largest absolute Gasteiger partial charge is 0.479 e. The predicted molar refractivity (Wildman–Crippen MR) is 139 cm³/mol. The molecule has 1 heterocycles.